The smallest absolute Gasteiger partial charge is 0.253 e. The molecule has 2 N–H and O–H groups in total. The highest BCUT2D eigenvalue weighted by Gasteiger charge is 2.17. The van der Waals surface area contributed by atoms with Crippen LogP contribution in [0.4, 0.5) is 0 Å². The highest BCUT2D eigenvalue weighted by Crippen LogP contribution is 2.14. The topological polar surface area (TPSA) is 56.7 Å². The molecule has 2 aromatic carbocycles. The van der Waals surface area contributed by atoms with Crippen LogP contribution in [0.15, 0.2) is 53.5 Å². The van der Waals surface area contributed by atoms with Crippen LogP contribution in [0, 0.1) is 6.92 Å². The predicted molar refractivity (Wildman–Crippen MR) is 134 cm³/mol. The molecule has 3 rings (SSSR count). The van der Waals surface area contributed by atoms with Crippen molar-refractivity contribution in [1.82, 2.24) is 15.5 Å². The first kappa shape index (κ1) is 24.2. The molecule has 1 fully saturated rings. The van der Waals surface area contributed by atoms with Gasteiger partial charge in [-0.25, -0.2) is 4.99 Å². The highest BCUT2D eigenvalue weighted by molar-refractivity contribution is 14.0. The molecule has 0 saturated carbocycles. The van der Waals surface area contributed by atoms with Crippen LogP contribution in [0.5, 0.6) is 0 Å². The van der Waals surface area contributed by atoms with Crippen molar-refractivity contribution >= 4 is 35.8 Å². The number of rotatable bonds is 6. The van der Waals surface area contributed by atoms with E-state index in [1.807, 2.05) is 29.2 Å². The minimum Gasteiger partial charge on any atom is -0.357 e. The van der Waals surface area contributed by atoms with Crippen molar-refractivity contribution in [3.8, 4) is 0 Å². The molecular formula is C24H33IN4O. The zero-order chi connectivity index (χ0) is 20.5. The van der Waals surface area contributed by atoms with E-state index in [9.17, 15) is 4.79 Å². The molecular weight excluding hydrogens is 487 g/mol. The van der Waals surface area contributed by atoms with E-state index in [0.717, 1.165) is 49.6 Å². The number of carbonyl (C=O) groups is 1. The van der Waals surface area contributed by atoms with Gasteiger partial charge in [0.25, 0.3) is 5.91 Å². The predicted octanol–water partition coefficient (Wildman–Crippen LogP) is 4.49. The summed E-state index contributed by atoms with van der Waals surface area (Å²) in [5.74, 6) is 0.944. The Labute approximate surface area is 197 Å². The minimum atomic E-state index is 0. The number of guanidine groups is 1. The SMILES string of the molecule is CCNC(=NCc1cccc(C)c1)NCc1ccc(C(=O)N2CCCCC2)cc1.I. The number of hydrogen-bond acceptors (Lipinski definition) is 2. The first-order valence-corrected chi connectivity index (χ1v) is 10.6. The summed E-state index contributed by atoms with van der Waals surface area (Å²) >= 11 is 0. The maximum absolute atomic E-state index is 12.6. The summed E-state index contributed by atoms with van der Waals surface area (Å²) in [5, 5.41) is 6.67. The molecule has 0 spiro atoms. The van der Waals surface area contributed by atoms with Crippen molar-refractivity contribution in [3.05, 3.63) is 70.8 Å². The second kappa shape index (κ2) is 12.6. The lowest BCUT2D eigenvalue weighted by molar-refractivity contribution is 0.0724. The highest BCUT2D eigenvalue weighted by atomic mass is 127. The largest absolute Gasteiger partial charge is 0.357 e. The number of amides is 1. The van der Waals surface area contributed by atoms with E-state index >= 15 is 0 Å². The maximum atomic E-state index is 12.6. The van der Waals surface area contributed by atoms with Gasteiger partial charge in [-0.15, -0.1) is 24.0 Å². The zero-order valence-electron chi connectivity index (χ0n) is 18.0. The lowest BCUT2D eigenvalue weighted by Gasteiger charge is -2.26. The molecule has 162 valence electrons. The molecule has 0 unspecified atom stereocenters. The number of piperidine rings is 1. The number of nitrogens with zero attached hydrogens (tertiary/aromatic N) is 2. The zero-order valence-corrected chi connectivity index (χ0v) is 20.3. The second-order valence-corrected chi connectivity index (χ2v) is 7.59. The lowest BCUT2D eigenvalue weighted by atomic mass is 10.1. The van der Waals surface area contributed by atoms with Gasteiger partial charge in [-0.1, -0.05) is 42.0 Å². The molecule has 1 aliphatic heterocycles. The molecule has 0 aromatic heterocycles. The van der Waals surface area contributed by atoms with Gasteiger partial charge in [-0.05, 0) is 56.4 Å². The summed E-state index contributed by atoms with van der Waals surface area (Å²) in [7, 11) is 0. The average Bonchev–Trinajstić information content (AvgIpc) is 2.76. The quantitative estimate of drug-likeness (QED) is 0.335. The molecule has 0 radical (unpaired) electrons. The fraction of sp³-hybridized carbons (Fsp3) is 0.417. The Morgan fingerprint density at radius 2 is 1.73 bits per heavy atom. The summed E-state index contributed by atoms with van der Waals surface area (Å²) in [6.45, 7) is 8.03. The molecule has 5 nitrogen and oxygen atoms in total. The number of halogens is 1. The fourth-order valence-electron chi connectivity index (χ4n) is 3.55. The van der Waals surface area contributed by atoms with E-state index in [2.05, 4.69) is 53.7 Å². The molecule has 0 bridgehead atoms. The normalized spacial score (nSPS) is 14.1. The third-order valence-electron chi connectivity index (χ3n) is 5.15. The Balaban J connectivity index is 0.00000320. The van der Waals surface area contributed by atoms with Crippen molar-refractivity contribution in [1.29, 1.82) is 0 Å². The molecule has 1 heterocycles. The molecule has 0 aliphatic carbocycles. The molecule has 6 heteroatoms. The van der Waals surface area contributed by atoms with E-state index in [0.29, 0.717) is 13.1 Å². The Morgan fingerprint density at radius 3 is 2.40 bits per heavy atom. The summed E-state index contributed by atoms with van der Waals surface area (Å²) in [5.41, 5.74) is 4.34. The van der Waals surface area contributed by atoms with Gasteiger partial charge in [0.2, 0.25) is 0 Å². The lowest BCUT2D eigenvalue weighted by Crippen LogP contribution is -2.37. The third kappa shape index (κ3) is 7.31. The van der Waals surface area contributed by atoms with Gasteiger partial charge in [-0.3, -0.25) is 4.79 Å². The molecule has 1 amide bonds. The molecule has 30 heavy (non-hydrogen) atoms. The standard InChI is InChI=1S/C24H32N4O.HI/c1-3-25-24(27-18-21-9-7-8-19(2)16-21)26-17-20-10-12-22(13-11-20)23(29)28-14-5-4-6-15-28;/h7-13,16H,3-6,14-15,17-18H2,1-2H3,(H2,25,26,27);1H. The monoisotopic (exact) mass is 520 g/mol. The van der Waals surface area contributed by atoms with Gasteiger partial charge < -0.3 is 15.5 Å². The van der Waals surface area contributed by atoms with Crippen LogP contribution < -0.4 is 10.6 Å². The van der Waals surface area contributed by atoms with Crippen molar-refractivity contribution < 1.29 is 4.79 Å². The van der Waals surface area contributed by atoms with E-state index in [4.69, 9.17) is 0 Å². The number of carbonyl (C=O) groups excluding carboxylic acids is 1. The number of hydrogen-bond donors (Lipinski definition) is 2. The van der Waals surface area contributed by atoms with Crippen molar-refractivity contribution in [3.63, 3.8) is 0 Å². The first-order chi connectivity index (χ1) is 14.2. The van der Waals surface area contributed by atoms with Gasteiger partial charge in [0.05, 0.1) is 6.54 Å². The summed E-state index contributed by atoms with van der Waals surface area (Å²) in [6, 6.07) is 16.3. The molecule has 2 aromatic rings. The number of likely N-dealkylation sites (tertiary alicyclic amines) is 1. The van der Waals surface area contributed by atoms with E-state index in [1.165, 1.54) is 17.5 Å². The van der Waals surface area contributed by atoms with E-state index < -0.39 is 0 Å². The van der Waals surface area contributed by atoms with Crippen LogP contribution in [-0.4, -0.2) is 36.4 Å². The van der Waals surface area contributed by atoms with Gasteiger partial charge >= 0.3 is 0 Å². The third-order valence-corrected chi connectivity index (χ3v) is 5.15. The maximum Gasteiger partial charge on any atom is 0.253 e. The van der Waals surface area contributed by atoms with Gasteiger partial charge in [-0.2, -0.15) is 0 Å². The Kier molecular flexibility index (Phi) is 10.1. The number of aliphatic imine (C=N–C) groups is 1. The summed E-state index contributed by atoms with van der Waals surface area (Å²) in [6.07, 6.45) is 3.46. The Bertz CT molecular complexity index is 829. The van der Waals surface area contributed by atoms with Gasteiger partial charge in [0.1, 0.15) is 0 Å². The van der Waals surface area contributed by atoms with Crippen molar-refractivity contribution in [2.75, 3.05) is 19.6 Å². The van der Waals surface area contributed by atoms with Crippen LogP contribution in [-0.2, 0) is 13.1 Å². The summed E-state index contributed by atoms with van der Waals surface area (Å²) in [4.78, 5) is 19.2. The number of benzene rings is 2. The van der Waals surface area contributed by atoms with Crippen LogP contribution in [0.25, 0.3) is 0 Å². The fourth-order valence-corrected chi connectivity index (χ4v) is 3.55. The van der Waals surface area contributed by atoms with E-state index in [-0.39, 0.29) is 29.9 Å². The number of aryl methyl sites for hydroxylation is 1. The van der Waals surface area contributed by atoms with Gasteiger partial charge in [0.15, 0.2) is 5.96 Å². The van der Waals surface area contributed by atoms with Crippen molar-refractivity contribution in [2.24, 2.45) is 4.99 Å². The van der Waals surface area contributed by atoms with Gasteiger partial charge in [0, 0.05) is 31.7 Å². The first-order valence-electron chi connectivity index (χ1n) is 10.6. The van der Waals surface area contributed by atoms with Crippen LogP contribution in [0.1, 0.15) is 53.2 Å². The molecule has 1 saturated heterocycles. The van der Waals surface area contributed by atoms with Crippen molar-refractivity contribution in [2.45, 2.75) is 46.2 Å². The molecule has 1 aliphatic rings. The Hall–Kier alpha value is -2.09. The average molecular weight is 520 g/mol. The molecule has 0 atom stereocenters. The summed E-state index contributed by atoms with van der Waals surface area (Å²) < 4.78 is 0. The van der Waals surface area contributed by atoms with E-state index in [1.54, 1.807) is 0 Å². The van der Waals surface area contributed by atoms with Crippen LogP contribution >= 0.6 is 24.0 Å². The van der Waals surface area contributed by atoms with Crippen LogP contribution in [0.3, 0.4) is 0 Å². The second-order valence-electron chi connectivity index (χ2n) is 7.59. The van der Waals surface area contributed by atoms with Crippen LogP contribution in [0.2, 0.25) is 0 Å². The number of nitrogens with one attached hydrogen (secondary N) is 2. The minimum absolute atomic E-state index is 0. The Morgan fingerprint density at radius 1 is 1.00 bits per heavy atom.